The fourth-order valence-corrected chi connectivity index (χ4v) is 3.89. The zero-order valence-corrected chi connectivity index (χ0v) is 20.1. The van der Waals surface area contributed by atoms with E-state index in [4.69, 9.17) is 5.11 Å². The molecule has 1 aliphatic rings. The Bertz CT molecular complexity index is 772. The number of carbonyl (C=O) groups is 1. The quantitative estimate of drug-likeness (QED) is 0.642. The van der Waals surface area contributed by atoms with E-state index >= 15 is 0 Å². The average Bonchev–Trinajstić information content (AvgIpc) is 2.76. The normalized spacial score (nSPS) is 13.8. The molecule has 0 radical (unpaired) electrons. The number of nitrogens with zero attached hydrogens (tertiary/aromatic N) is 3. The lowest BCUT2D eigenvalue weighted by atomic mass is 10.0. The molecule has 5 nitrogen and oxygen atoms in total. The van der Waals surface area contributed by atoms with E-state index in [1.807, 2.05) is 30.9 Å². The second kappa shape index (κ2) is 13.6. The molecule has 0 spiro atoms. The van der Waals surface area contributed by atoms with Crippen LogP contribution in [0.15, 0.2) is 48.5 Å². The Hall–Kier alpha value is -1.79. The number of β-amino-alcohol motifs (C(OH)–C–C–N with tert-alkyl or cyclic N) is 1. The van der Waals surface area contributed by atoms with Gasteiger partial charge < -0.3 is 14.9 Å². The average molecular weight is 468 g/mol. The Balaban J connectivity index is 0.00000240. The highest BCUT2D eigenvalue weighted by Crippen LogP contribution is 2.19. The lowest BCUT2D eigenvalue weighted by Crippen LogP contribution is -2.47. The van der Waals surface area contributed by atoms with Crippen molar-refractivity contribution in [2.24, 2.45) is 0 Å². The first-order valence-corrected chi connectivity index (χ1v) is 10.7. The first-order valence-electron chi connectivity index (χ1n) is 10.7. The number of aliphatic hydroxyl groups is 1. The Kier molecular flexibility index (Phi) is 11.9. The molecular weight excluding hydrogens is 433 g/mol. The molecule has 172 valence electrons. The number of carbonyl (C=O) groups excluding carboxylic acids is 1. The maximum Gasteiger partial charge on any atom is 0.253 e. The second-order valence-electron chi connectivity index (χ2n) is 7.57. The minimum absolute atomic E-state index is 0. The van der Waals surface area contributed by atoms with Crippen LogP contribution in [0.1, 0.15) is 35.3 Å². The predicted octanol–water partition coefficient (Wildman–Crippen LogP) is 3.72. The Morgan fingerprint density at radius 1 is 0.871 bits per heavy atom. The van der Waals surface area contributed by atoms with Gasteiger partial charge in [0.05, 0.1) is 6.61 Å². The molecule has 0 aromatic heterocycles. The lowest BCUT2D eigenvalue weighted by molar-refractivity contribution is 0.0773. The van der Waals surface area contributed by atoms with Gasteiger partial charge in [-0.05, 0) is 55.7 Å². The van der Waals surface area contributed by atoms with Crippen LogP contribution in [-0.2, 0) is 6.42 Å². The minimum Gasteiger partial charge on any atom is -0.395 e. The molecule has 0 bridgehead atoms. The van der Waals surface area contributed by atoms with Crippen LogP contribution in [0.2, 0.25) is 0 Å². The van der Waals surface area contributed by atoms with E-state index < -0.39 is 0 Å². The van der Waals surface area contributed by atoms with Gasteiger partial charge in [0.15, 0.2) is 0 Å². The van der Waals surface area contributed by atoms with Crippen molar-refractivity contribution in [1.29, 1.82) is 0 Å². The third-order valence-corrected chi connectivity index (χ3v) is 5.75. The molecule has 0 unspecified atom stereocenters. The highest BCUT2D eigenvalue weighted by atomic mass is 35.5. The van der Waals surface area contributed by atoms with Crippen molar-refractivity contribution in [3.8, 4) is 0 Å². The minimum atomic E-state index is 0. The number of amides is 1. The SMILES string of the molecule is CCN(CC)C(=O)c1ccc(Cc2ccc(N3CCN(CCO)CC3)cc2)cc1.Cl.Cl. The maximum atomic E-state index is 12.4. The molecule has 1 saturated heterocycles. The molecule has 1 heterocycles. The van der Waals surface area contributed by atoms with Gasteiger partial charge in [0.25, 0.3) is 5.91 Å². The molecule has 2 aromatic rings. The highest BCUT2D eigenvalue weighted by Gasteiger charge is 2.16. The van der Waals surface area contributed by atoms with Gasteiger partial charge in [0, 0.05) is 57.1 Å². The van der Waals surface area contributed by atoms with E-state index in [0.29, 0.717) is 0 Å². The number of rotatable bonds is 8. The van der Waals surface area contributed by atoms with E-state index in [9.17, 15) is 4.79 Å². The largest absolute Gasteiger partial charge is 0.395 e. The van der Waals surface area contributed by atoms with Crippen molar-refractivity contribution in [3.05, 3.63) is 65.2 Å². The smallest absolute Gasteiger partial charge is 0.253 e. The summed E-state index contributed by atoms with van der Waals surface area (Å²) < 4.78 is 0. The standard InChI is InChI=1S/C24H33N3O2.2ClH/c1-3-26(4-2)24(29)22-9-5-20(6-10-22)19-21-7-11-23(12-8-21)27-15-13-25(14-16-27)17-18-28;;/h5-12,28H,3-4,13-19H2,1-2H3;2*1H. The molecule has 1 N–H and O–H groups in total. The van der Waals surface area contributed by atoms with Crippen LogP contribution in [0.5, 0.6) is 0 Å². The van der Waals surface area contributed by atoms with E-state index in [1.165, 1.54) is 16.8 Å². The van der Waals surface area contributed by atoms with Gasteiger partial charge in [-0.25, -0.2) is 0 Å². The fourth-order valence-electron chi connectivity index (χ4n) is 3.89. The van der Waals surface area contributed by atoms with Crippen LogP contribution >= 0.6 is 24.8 Å². The van der Waals surface area contributed by atoms with Crippen LogP contribution in [0, 0.1) is 0 Å². The molecule has 7 heteroatoms. The van der Waals surface area contributed by atoms with Crippen molar-refractivity contribution in [2.75, 3.05) is 57.3 Å². The zero-order valence-electron chi connectivity index (χ0n) is 18.5. The molecule has 0 saturated carbocycles. The number of aliphatic hydroxyl groups excluding tert-OH is 1. The zero-order chi connectivity index (χ0) is 20.6. The molecule has 31 heavy (non-hydrogen) atoms. The summed E-state index contributed by atoms with van der Waals surface area (Å²) in [6.45, 7) is 10.5. The molecule has 1 amide bonds. The first kappa shape index (κ1) is 27.2. The monoisotopic (exact) mass is 467 g/mol. The Morgan fingerprint density at radius 2 is 1.39 bits per heavy atom. The van der Waals surface area contributed by atoms with Gasteiger partial charge in [-0.15, -0.1) is 24.8 Å². The third kappa shape index (κ3) is 7.39. The Morgan fingerprint density at radius 3 is 1.87 bits per heavy atom. The maximum absolute atomic E-state index is 12.4. The third-order valence-electron chi connectivity index (χ3n) is 5.75. The summed E-state index contributed by atoms with van der Waals surface area (Å²) in [5.74, 6) is 0.102. The number of piperazine rings is 1. The molecule has 0 aliphatic carbocycles. The summed E-state index contributed by atoms with van der Waals surface area (Å²) in [6.07, 6.45) is 0.865. The van der Waals surface area contributed by atoms with Gasteiger partial charge in [-0.3, -0.25) is 9.69 Å². The number of hydrogen-bond donors (Lipinski definition) is 1. The van der Waals surface area contributed by atoms with E-state index in [0.717, 1.165) is 57.8 Å². The lowest BCUT2D eigenvalue weighted by Gasteiger charge is -2.35. The van der Waals surface area contributed by atoms with Crippen LogP contribution in [0.25, 0.3) is 0 Å². The molecule has 2 aromatic carbocycles. The van der Waals surface area contributed by atoms with Crippen molar-refractivity contribution in [2.45, 2.75) is 20.3 Å². The van der Waals surface area contributed by atoms with E-state index in [2.05, 4.69) is 46.2 Å². The van der Waals surface area contributed by atoms with Crippen molar-refractivity contribution < 1.29 is 9.90 Å². The van der Waals surface area contributed by atoms with Gasteiger partial charge in [0.1, 0.15) is 0 Å². The summed E-state index contributed by atoms with van der Waals surface area (Å²) in [5.41, 5.74) is 4.51. The number of benzene rings is 2. The Labute approximate surface area is 198 Å². The van der Waals surface area contributed by atoms with Crippen LogP contribution in [-0.4, -0.2) is 73.2 Å². The van der Waals surface area contributed by atoms with Gasteiger partial charge in [-0.2, -0.15) is 0 Å². The van der Waals surface area contributed by atoms with Gasteiger partial charge >= 0.3 is 0 Å². The van der Waals surface area contributed by atoms with Crippen molar-refractivity contribution in [1.82, 2.24) is 9.80 Å². The second-order valence-corrected chi connectivity index (χ2v) is 7.57. The molecular formula is C24H35Cl2N3O2. The van der Waals surface area contributed by atoms with Crippen molar-refractivity contribution >= 4 is 36.4 Å². The number of anilines is 1. The molecule has 0 atom stereocenters. The number of halogens is 2. The summed E-state index contributed by atoms with van der Waals surface area (Å²) in [4.78, 5) is 19.0. The van der Waals surface area contributed by atoms with E-state index in [-0.39, 0.29) is 37.3 Å². The van der Waals surface area contributed by atoms with Crippen LogP contribution < -0.4 is 4.90 Å². The number of hydrogen-bond acceptors (Lipinski definition) is 4. The van der Waals surface area contributed by atoms with Crippen LogP contribution in [0.4, 0.5) is 5.69 Å². The molecule has 1 fully saturated rings. The topological polar surface area (TPSA) is 47.0 Å². The summed E-state index contributed by atoms with van der Waals surface area (Å²) in [7, 11) is 0. The van der Waals surface area contributed by atoms with Gasteiger partial charge in [0.2, 0.25) is 0 Å². The summed E-state index contributed by atoms with van der Waals surface area (Å²) in [5, 5.41) is 9.07. The van der Waals surface area contributed by atoms with E-state index in [1.54, 1.807) is 0 Å². The first-order chi connectivity index (χ1) is 14.1. The van der Waals surface area contributed by atoms with Gasteiger partial charge in [-0.1, -0.05) is 24.3 Å². The summed E-state index contributed by atoms with van der Waals surface area (Å²) >= 11 is 0. The van der Waals surface area contributed by atoms with Crippen molar-refractivity contribution in [3.63, 3.8) is 0 Å². The summed E-state index contributed by atoms with van der Waals surface area (Å²) in [6, 6.07) is 16.8. The predicted molar refractivity (Wildman–Crippen MR) is 133 cm³/mol. The molecule has 1 aliphatic heterocycles. The molecule has 3 rings (SSSR count). The highest BCUT2D eigenvalue weighted by molar-refractivity contribution is 5.94. The van der Waals surface area contributed by atoms with Crippen LogP contribution in [0.3, 0.4) is 0 Å². The fraction of sp³-hybridized carbons (Fsp3) is 0.458.